The Morgan fingerprint density at radius 1 is 1.04 bits per heavy atom. The highest BCUT2D eigenvalue weighted by Crippen LogP contribution is 2.23. The molecule has 0 aliphatic carbocycles. The molecule has 0 radical (unpaired) electrons. The number of carbonyl (C=O) groups is 1. The molecule has 27 heavy (non-hydrogen) atoms. The van der Waals surface area contributed by atoms with E-state index < -0.39 is 5.63 Å². The van der Waals surface area contributed by atoms with Crippen molar-refractivity contribution in [3.05, 3.63) is 87.9 Å². The number of aromatic nitrogens is 2. The number of rotatable bonds is 3. The van der Waals surface area contributed by atoms with E-state index in [-0.39, 0.29) is 11.6 Å². The number of para-hydroxylation sites is 1. The lowest BCUT2D eigenvalue weighted by molar-refractivity contribution is 0.102. The first-order valence-electron chi connectivity index (χ1n) is 8.50. The molecule has 4 rings (SSSR count). The maximum atomic E-state index is 12.4. The summed E-state index contributed by atoms with van der Waals surface area (Å²) < 4.78 is 7.07. The van der Waals surface area contributed by atoms with Crippen molar-refractivity contribution in [1.29, 1.82) is 0 Å². The van der Waals surface area contributed by atoms with Crippen LogP contribution in [0.3, 0.4) is 0 Å². The SMILES string of the molecule is Cc1ccc(C(=O)Nc2cc3c(C)nn(-c4ccccc4)c3oc2=O)cc1. The first kappa shape index (κ1) is 16.8. The fourth-order valence-electron chi connectivity index (χ4n) is 2.86. The second-order valence-electron chi connectivity index (χ2n) is 6.32. The van der Waals surface area contributed by atoms with Gasteiger partial charge in [0, 0.05) is 5.56 Å². The second-order valence-corrected chi connectivity index (χ2v) is 6.32. The van der Waals surface area contributed by atoms with Crippen molar-refractivity contribution in [1.82, 2.24) is 9.78 Å². The fraction of sp³-hybridized carbons (Fsp3) is 0.0952. The van der Waals surface area contributed by atoms with Gasteiger partial charge in [-0.25, -0.2) is 4.79 Å². The summed E-state index contributed by atoms with van der Waals surface area (Å²) >= 11 is 0. The van der Waals surface area contributed by atoms with Crippen LogP contribution in [0.15, 0.2) is 69.9 Å². The first-order chi connectivity index (χ1) is 13.0. The Morgan fingerprint density at radius 3 is 2.44 bits per heavy atom. The summed E-state index contributed by atoms with van der Waals surface area (Å²) in [5, 5.41) is 7.76. The first-order valence-corrected chi connectivity index (χ1v) is 8.50. The van der Waals surface area contributed by atoms with Crippen molar-refractivity contribution < 1.29 is 9.21 Å². The maximum Gasteiger partial charge on any atom is 0.361 e. The molecule has 2 aromatic heterocycles. The van der Waals surface area contributed by atoms with E-state index in [2.05, 4.69) is 10.4 Å². The van der Waals surface area contributed by atoms with Crippen LogP contribution in [0, 0.1) is 13.8 Å². The molecule has 0 spiro atoms. The van der Waals surface area contributed by atoms with Crippen molar-refractivity contribution in [3.63, 3.8) is 0 Å². The molecule has 1 amide bonds. The molecule has 134 valence electrons. The van der Waals surface area contributed by atoms with Crippen LogP contribution in [0.1, 0.15) is 21.6 Å². The van der Waals surface area contributed by atoms with Crippen molar-refractivity contribution in [2.24, 2.45) is 0 Å². The van der Waals surface area contributed by atoms with Gasteiger partial charge in [0.05, 0.1) is 16.8 Å². The maximum absolute atomic E-state index is 12.4. The van der Waals surface area contributed by atoms with Crippen molar-refractivity contribution >= 4 is 22.7 Å². The Balaban J connectivity index is 1.74. The van der Waals surface area contributed by atoms with E-state index in [0.29, 0.717) is 22.4 Å². The molecule has 0 fully saturated rings. The number of hydrogen-bond donors (Lipinski definition) is 1. The number of nitrogens with zero attached hydrogens (tertiary/aromatic N) is 2. The average Bonchev–Trinajstić information content (AvgIpc) is 2.99. The smallest absolute Gasteiger partial charge is 0.361 e. The molecule has 6 heteroatoms. The van der Waals surface area contributed by atoms with Crippen LogP contribution in [-0.4, -0.2) is 15.7 Å². The Bertz CT molecular complexity index is 1190. The van der Waals surface area contributed by atoms with Crippen LogP contribution in [0.4, 0.5) is 5.69 Å². The van der Waals surface area contributed by atoms with Gasteiger partial charge < -0.3 is 9.73 Å². The van der Waals surface area contributed by atoms with Crippen molar-refractivity contribution in [2.75, 3.05) is 5.32 Å². The van der Waals surface area contributed by atoms with E-state index in [4.69, 9.17) is 4.42 Å². The molecule has 2 aromatic carbocycles. The Hall–Kier alpha value is -3.67. The zero-order valence-corrected chi connectivity index (χ0v) is 14.9. The summed E-state index contributed by atoms with van der Waals surface area (Å²) in [4.78, 5) is 24.8. The lowest BCUT2D eigenvalue weighted by Crippen LogP contribution is -2.18. The van der Waals surface area contributed by atoms with Crippen LogP contribution in [0.25, 0.3) is 16.8 Å². The molecule has 4 aromatic rings. The summed E-state index contributed by atoms with van der Waals surface area (Å²) in [6.45, 7) is 3.77. The van der Waals surface area contributed by atoms with Crippen LogP contribution in [-0.2, 0) is 0 Å². The molecule has 1 N–H and O–H groups in total. The third-order valence-electron chi connectivity index (χ3n) is 4.32. The summed E-state index contributed by atoms with van der Waals surface area (Å²) in [6.07, 6.45) is 0. The van der Waals surface area contributed by atoms with Gasteiger partial charge in [-0.1, -0.05) is 35.9 Å². The minimum absolute atomic E-state index is 0.0868. The molecular formula is C21H17N3O3. The fourth-order valence-corrected chi connectivity index (χ4v) is 2.86. The lowest BCUT2D eigenvalue weighted by atomic mass is 10.1. The van der Waals surface area contributed by atoms with Gasteiger partial charge >= 0.3 is 5.63 Å². The molecule has 0 unspecified atom stereocenters. The number of carbonyl (C=O) groups excluding carboxylic acids is 1. The van der Waals surface area contributed by atoms with E-state index in [1.807, 2.05) is 56.3 Å². The number of amides is 1. The molecule has 0 saturated heterocycles. The molecule has 0 atom stereocenters. The predicted molar refractivity (Wildman–Crippen MR) is 103 cm³/mol. The van der Waals surface area contributed by atoms with Gasteiger partial charge in [-0.15, -0.1) is 0 Å². The number of aryl methyl sites for hydroxylation is 2. The Morgan fingerprint density at radius 2 is 1.74 bits per heavy atom. The second kappa shape index (κ2) is 6.57. The number of hydrogen-bond acceptors (Lipinski definition) is 4. The van der Waals surface area contributed by atoms with Crippen molar-refractivity contribution in [3.8, 4) is 5.69 Å². The monoisotopic (exact) mass is 359 g/mol. The van der Waals surface area contributed by atoms with Gasteiger partial charge in [-0.05, 0) is 44.2 Å². The quantitative estimate of drug-likeness (QED) is 0.603. The molecular weight excluding hydrogens is 342 g/mol. The van der Waals surface area contributed by atoms with Gasteiger partial charge in [0.25, 0.3) is 5.91 Å². The lowest BCUT2D eigenvalue weighted by Gasteiger charge is -2.05. The topological polar surface area (TPSA) is 77.1 Å². The molecule has 0 bridgehead atoms. The highest BCUT2D eigenvalue weighted by molar-refractivity contribution is 6.04. The number of anilines is 1. The summed E-state index contributed by atoms with van der Waals surface area (Å²) in [5.41, 5.74) is 2.81. The summed E-state index contributed by atoms with van der Waals surface area (Å²) in [7, 11) is 0. The highest BCUT2D eigenvalue weighted by atomic mass is 16.4. The molecule has 2 heterocycles. The van der Waals surface area contributed by atoms with Crippen LogP contribution >= 0.6 is 0 Å². The third kappa shape index (κ3) is 3.13. The minimum Gasteiger partial charge on any atom is -0.402 e. The number of benzene rings is 2. The average molecular weight is 359 g/mol. The zero-order chi connectivity index (χ0) is 19.0. The van der Waals surface area contributed by atoms with E-state index >= 15 is 0 Å². The van der Waals surface area contributed by atoms with Gasteiger partial charge in [0.1, 0.15) is 5.69 Å². The van der Waals surface area contributed by atoms with E-state index in [9.17, 15) is 9.59 Å². The Labute approximate surface area is 155 Å². The third-order valence-corrected chi connectivity index (χ3v) is 4.32. The van der Waals surface area contributed by atoms with Crippen molar-refractivity contribution in [2.45, 2.75) is 13.8 Å². The molecule has 0 aliphatic rings. The predicted octanol–water partition coefficient (Wildman–Crippen LogP) is 3.85. The van der Waals surface area contributed by atoms with Crippen LogP contribution in [0.2, 0.25) is 0 Å². The summed E-state index contributed by atoms with van der Waals surface area (Å²) in [5.74, 6) is -0.366. The molecule has 0 saturated carbocycles. The van der Waals surface area contributed by atoms with E-state index in [0.717, 1.165) is 11.3 Å². The highest BCUT2D eigenvalue weighted by Gasteiger charge is 2.16. The van der Waals surface area contributed by atoms with Crippen LogP contribution in [0.5, 0.6) is 0 Å². The van der Waals surface area contributed by atoms with Gasteiger partial charge in [-0.3, -0.25) is 4.79 Å². The van der Waals surface area contributed by atoms with Crippen LogP contribution < -0.4 is 10.9 Å². The normalized spacial score (nSPS) is 10.9. The van der Waals surface area contributed by atoms with E-state index in [1.165, 1.54) is 0 Å². The van der Waals surface area contributed by atoms with E-state index in [1.54, 1.807) is 22.9 Å². The Kier molecular flexibility index (Phi) is 4.08. The standard InChI is InChI=1S/C21H17N3O3/c1-13-8-10-15(11-9-13)19(25)22-18-12-17-14(2)23-24(20(17)27-21(18)26)16-6-4-3-5-7-16/h3-12H,1-2H3,(H,22,25). The van der Waals surface area contributed by atoms with Gasteiger partial charge in [0.2, 0.25) is 5.71 Å². The largest absolute Gasteiger partial charge is 0.402 e. The van der Waals surface area contributed by atoms with Gasteiger partial charge in [-0.2, -0.15) is 9.78 Å². The zero-order valence-electron chi connectivity index (χ0n) is 14.9. The minimum atomic E-state index is -0.625. The summed E-state index contributed by atoms with van der Waals surface area (Å²) in [6, 6.07) is 18.1. The number of fused-ring (bicyclic) bond motifs is 1. The molecule has 6 nitrogen and oxygen atoms in total. The molecule has 0 aliphatic heterocycles. The van der Waals surface area contributed by atoms with Gasteiger partial charge in [0.15, 0.2) is 0 Å². The number of nitrogens with one attached hydrogen (secondary N) is 1.